The first kappa shape index (κ1) is 11.1. The third-order valence-corrected chi connectivity index (χ3v) is 3.89. The van der Waals surface area contributed by atoms with Gasteiger partial charge in [0.25, 0.3) is 0 Å². The Morgan fingerprint density at radius 2 is 2.31 bits per heavy atom. The van der Waals surface area contributed by atoms with Gasteiger partial charge in [-0.25, -0.2) is 0 Å². The van der Waals surface area contributed by atoms with Gasteiger partial charge in [-0.15, -0.1) is 0 Å². The van der Waals surface area contributed by atoms with E-state index in [1.807, 2.05) is 11.8 Å². The van der Waals surface area contributed by atoms with E-state index in [1.54, 1.807) is 0 Å². The molecule has 1 atom stereocenters. The van der Waals surface area contributed by atoms with E-state index in [1.165, 1.54) is 24.3 Å². The van der Waals surface area contributed by atoms with Crippen LogP contribution in [0.15, 0.2) is 0 Å². The minimum atomic E-state index is 0.353. The molecule has 1 nitrogen and oxygen atoms in total. The lowest BCUT2D eigenvalue weighted by Crippen LogP contribution is -2.12. The van der Waals surface area contributed by atoms with E-state index in [2.05, 4.69) is 13.8 Å². The van der Waals surface area contributed by atoms with Crippen LogP contribution in [0.25, 0.3) is 0 Å². The summed E-state index contributed by atoms with van der Waals surface area (Å²) in [6, 6.07) is 0. The van der Waals surface area contributed by atoms with E-state index >= 15 is 0 Å². The van der Waals surface area contributed by atoms with Gasteiger partial charge in [0.2, 0.25) is 0 Å². The summed E-state index contributed by atoms with van der Waals surface area (Å²) >= 11 is 2.01. The van der Waals surface area contributed by atoms with Gasteiger partial charge in [0.15, 0.2) is 0 Å². The summed E-state index contributed by atoms with van der Waals surface area (Å²) in [6.07, 6.45) is 5.32. The van der Waals surface area contributed by atoms with Crippen LogP contribution in [-0.2, 0) is 4.79 Å². The first-order valence-corrected chi connectivity index (χ1v) is 6.41. The summed E-state index contributed by atoms with van der Waals surface area (Å²) in [5, 5.41) is 0. The fraction of sp³-hybridized carbons (Fsp3) is 0.909. The standard InChI is InChI=1S/C11H20OS/c1-3-13-8-4-6-11(2)7-5-10(12)9-11/h3-9H2,1-2H3. The van der Waals surface area contributed by atoms with Gasteiger partial charge < -0.3 is 0 Å². The van der Waals surface area contributed by atoms with Gasteiger partial charge in [0.05, 0.1) is 0 Å². The van der Waals surface area contributed by atoms with E-state index in [0.717, 1.165) is 19.3 Å². The summed E-state index contributed by atoms with van der Waals surface area (Å²) in [5.74, 6) is 2.96. The molecule has 0 saturated heterocycles. The lowest BCUT2D eigenvalue weighted by molar-refractivity contribution is -0.118. The van der Waals surface area contributed by atoms with Gasteiger partial charge in [-0.05, 0) is 36.2 Å². The monoisotopic (exact) mass is 200 g/mol. The molecule has 0 amide bonds. The maximum absolute atomic E-state index is 11.1. The smallest absolute Gasteiger partial charge is 0.133 e. The van der Waals surface area contributed by atoms with E-state index in [4.69, 9.17) is 0 Å². The van der Waals surface area contributed by atoms with Gasteiger partial charge >= 0.3 is 0 Å². The fourth-order valence-corrected chi connectivity index (χ4v) is 2.69. The number of carbonyl (C=O) groups excluding carboxylic acids is 1. The molecular weight excluding hydrogens is 180 g/mol. The summed E-state index contributed by atoms with van der Waals surface area (Å²) in [6.45, 7) is 4.47. The second-order valence-corrected chi connectivity index (χ2v) is 5.72. The van der Waals surface area contributed by atoms with Gasteiger partial charge in [-0.3, -0.25) is 4.79 Å². The molecule has 0 aromatic carbocycles. The van der Waals surface area contributed by atoms with Crippen molar-refractivity contribution in [2.75, 3.05) is 11.5 Å². The first-order chi connectivity index (χ1) is 6.16. The Morgan fingerprint density at radius 1 is 1.54 bits per heavy atom. The largest absolute Gasteiger partial charge is 0.300 e. The van der Waals surface area contributed by atoms with Crippen LogP contribution in [0.4, 0.5) is 0 Å². The lowest BCUT2D eigenvalue weighted by atomic mass is 9.84. The minimum absolute atomic E-state index is 0.353. The first-order valence-electron chi connectivity index (χ1n) is 5.26. The summed E-state index contributed by atoms with van der Waals surface area (Å²) in [4.78, 5) is 11.1. The van der Waals surface area contributed by atoms with E-state index in [9.17, 15) is 4.79 Å². The van der Waals surface area contributed by atoms with Crippen LogP contribution in [0.3, 0.4) is 0 Å². The highest BCUT2D eigenvalue weighted by Gasteiger charge is 2.32. The molecule has 0 N–H and O–H groups in total. The van der Waals surface area contributed by atoms with Crippen LogP contribution in [0.2, 0.25) is 0 Å². The van der Waals surface area contributed by atoms with E-state index in [0.29, 0.717) is 11.2 Å². The second kappa shape index (κ2) is 5.04. The van der Waals surface area contributed by atoms with Crippen LogP contribution in [0.5, 0.6) is 0 Å². The van der Waals surface area contributed by atoms with Crippen molar-refractivity contribution < 1.29 is 4.79 Å². The Balaban J connectivity index is 2.16. The Bertz CT molecular complexity index is 179. The van der Waals surface area contributed by atoms with Crippen LogP contribution in [0, 0.1) is 5.41 Å². The Labute approximate surface area is 85.7 Å². The number of ketones is 1. The van der Waals surface area contributed by atoms with Crippen molar-refractivity contribution >= 4 is 17.5 Å². The van der Waals surface area contributed by atoms with E-state index < -0.39 is 0 Å². The third-order valence-electron chi connectivity index (χ3n) is 2.90. The molecule has 1 saturated carbocycles. The zero-order valence-electron chi connectivity index (χ0n) is 8.77. The summed E-state index contributed by atoms with van der Waals surface area (Å²) in [7, 11) is 0. The number of thioether (sulfide) groups is 1. The average Bonchev–Trinajstić information content (AvgIpc) is 2.41. The van der Waals surface area contributed by atoms with Crippen LogP contribution in [0.1, 0.15) is 46.0 Å². The molecule has 0 aromatic heterocycles. The SMILES string of the molecule is CCSCCCC1(C)CCC(=O)C1. The molecule has 2 heteroatoms. The number of carbonyl (C=O) groups is 1. The highest BCUT2D eigenvalue weighted by molar-refractivity contribution is 7.99. The number of Topliss-reactive ketones (excluding diaryl/α,β-unsaturated/α-hetero) is 1. The summed E-state index contributed by atoms with van der Waals surface area (Å²) in [5.41, 5.74) is 0.353. The molecule has 1 rings (SSSR count). The normalized spacial score (nSPS) is 28.3. The molecule has 0 radical (unpaired) electrons. The molecule has 0 bridgehead atoms. The van der Waals surface area contributed by atoms with Gasteiger partial charge in [-0.2, -0.15) is 11.8 Å². The van der Waals surface area contributed by atoms with Crippen molar-refractivity contribution in [1.29, 1.82) is 0 Å². The summed E-state index contributed by atoms with van der Waals surface area (Å²) < 4.78 is 0. The number of hydrogen-bond acceptors (Lipinski definition) is 2. The molecule has 0 aliphatic heterocycles. The predicted molar refractivity (Wildman–Crippen MR) is 59.2 cm³/mol. The Morgan fingerprint density at radius 3 is 2.85 bits per heavy atom. The minimum Gasteiger partial charge on any atom is -0.300 e. The topological polar surface area (TPSA) is 17.1 Å². The van der Waals surface area contributed by atoms with E-state index in [-0.39, 0.29) is 0 Å². The highest BCUT2D eigenvalue weighted by atomic mass is 32.2. The molecule has 13 heavy (non-hydrogen) atoms. The predicted octanol–water partition coefficient (Wildman–Crippen LogP) is 3.28. The maximum atomic E-state index is 11.1. The zero-order chi connectivity index (χ0) is 9.73. The van der Waals surface area contributed by atoms with Gasteiger partial charge in [0.1, 0.15) is 5.78 Å². The lowest BCUT2D eigenvalue weighted by Gasteiger charge is -2.21. The molecule has 0 spiro atoms. The average molecular weight is 200 g/mol. The van der Waals surface area contributed by atoms with Crippen LogP contribution in [-0.4, -0.2) is 17.3 Å². The highest BCUT2D eigenvalue weighted by Crippen LogP contribution is 2.39. The van der Waals surface area contributed by atoms with Crippen molar-refractivity contribution in [3.63, 3.8) is 0 Å². The molecule has 1 aliphatic rings. The van der Waals surface area contributed by atoms with Crippen molar-refractivity contribution in [1.82, 2.24) is 0 Å². The molecule has 1 fully saturated rings. The Hall–Kier alpha value is 0.0200. The molecular formula is C11H20OS. The van der Waals surface area contributed by atoms with Gasteiger partial charge in [0, 0.05) is 12.8 Å². The second-order valence-electron chi connectivity index (χ2n) is 4.33. The zero-order valence-corrected chi connectivity index (χ0v) is 9.58. The maximum Gasteiger partial charge on any atom is 0.133 e. The molecule has 76 valence electrons. The van der Waals surface area contributed by atoms with Crippen LogP contribution < -0.4 is 0 Å². The van der Waals surface area contributed by atoms with Crippen molar-refractivity contribution in [2.45, 2.75) is 46.0 Å². The quantitative estimate of drug-likeness (QED) is 0.634. The van der Waals surface area contributed by atoms with Crippen LogP contribution >= 0.6 is 11.8 Å². The van der Waals surface area contributed by atoms with Crippen molar-refractivity contribution in [3.8, 4) is 0 Å². The molecule has 1 aliphatic carbocycles. The Kier molecular flexibility index (Phi) is 4.30. The fourth-order valence-electron chi connectivity index (χ4n) is 2.05. The van der Waals surface area contributed by atoms with Gasteiger partial charge in [-0.1, -0.05) is 13.8 Å². The molecule has 0 heterocycles. The molecule has 0 aromatic rings. The number of rotatable bonds is 5. The molecule has 1 unspecified atom stereocenters. The number of hydrogen-bond donors (Lipinski definition) is 0. The third kappa shape index (κ3) is 3.72. The van der Waals surface area contributed by atoms with Crippen molar-refractivity contribution in [2.24, 2.45) is 5.41 Å². The van der Waals surface area contributed by atoms with Crippen molar-refractivity contribution in [3.05, 3.63) is 0 Å².